The maximum Gasteiger partial charge on any atom is 0.335 e. The third kappa shape index (κ3) is 6.13. The molecule has 3 heterocycles. The van der Waals surface area contributed by atoms with Gasteiger partial charge < -0.3 is 24.2 Å². The topological polar surface area (TPSA) is 57.9 Å². The SMILES string of the molecule is C.CC(C)COc1ccc2c(c1)N(CCN1CCCCC1)CCn1c-2c(C2CCCCC2)c2ccc(C(=O)O)cc21. The van der Waals surface area contributed by atoms with E-state index in [2.05, 4.69) is 52.5 Å². The number of fused-ring (bicyclic) bond motifs is 5. The molecule has 0 bridgehead atoms. The van der Waals surface area contributed by atoms with E-state index in [4.69, 9.17) is 4.74 Å². The standard InChI is InChI=1S/C34H45N3O3.CH4/c1-24(2)23-40-27-12-14-29-30(22-27)36(18-17-35-15-7-4-8-16-35)19-20-37-31-21-26(34(38)39)11-13-28(31)32(33(29)37)25-9-5-3-6-10-25;/h11-14,21-22,24-25H,3-10,15-20,23H2,1-2H3,(H,38,39);1H4. The summed E-state index contributed by atoms with van der Waals surface area (Å²) in [5.41, 5.74) is 6.69. The van der Waals surface area contributed by atoms with Crippen molar-refractivity contribution in [1.82, 2.24) is 9.47 Å². The number of aromatic carboxylic acids is 1. The zero-order valence-corrected chi connectivity index (χ0v) is 24.3. The maximum atomic E-state index is 12.0. The second kappa shape index (κ2) is 12.9. The predicted molar refractivity (Wildman–Crippen MR) is 170 cm³/mol. The first kappa shape index (κ1) is 29.5. The van der Waals surface area contributed by atoms with Gasteiger partial charge in [-0.05, 0) is 80.4 Å². The van der Waals surface area contributed by atoms with Gasteiger partial charge in [0.15, 0.2) is 0 Å². The molecular formula is C35H49N3O3. The number of piperidine rings is 1. The van der Waals surface area contributed by atoms with E-state index in [0.29, 0.717) is 24.0 Å². The highest BCUT2D eigenvalue weighted by molar-refractivity contribution is 5.99. The Kier molecular flexibility index (Phi) is 9.28. The molecule has 2 aromatic carbocycles. The number of carboxylic acids is 1. The second-order valence-corrected chi connectivity index (χ2v) is 12.6. The monoisotopic (exact) mass is 559 g/mol. The normalized spacial score (nSPS) is 18.1. The quantitative estimate of drug-likeness (QED) is 0.303. The average molecular weight is 560 g/mol. The van der Waals surface area contributed by atoms with Crippen molar-refractivity contribution in [3.8, 4) is 17.0 Å². The van der Waals surface area contributed by atoms with Crippen molar-refractivity contribution < 1.29 is 14.6 Å². The molecule has 3 aliphatic rings. The lowest BCUT2D eigenvalue weighted by Gasteiger charge is -2.31. The molecule has 1 saturated heterocycles. The predicted octanol–water partition coefficient (Wildman–Crippen LogP) is 8.03. The van der Waals surface area contributed by atoms with Crippen LogP contribution in [0.2, 0.25) is 0 Å². The Labute approximate surface area is 246 Å². The van der Waals surface area contributed by atoms with Crippen LogP contribution in [0.15, 0.2) is 36.4 Å². The van der Waals surface area contributed by atoms with Gasteiger partial charge in [0.25, 0.3) is 0 Å². The first-order valence-electron chi connectivity index (χ1n) is 15.6. The van der Waals surface area contributed by atoms with Gasteiger partial charge in [-0.2, -0.15) is 0 Å². The molecule has 6 heteroatoms. The first-order chi connectivity index (χ1) is 19.5. The largest absolute Gasteiger partial charge is 0.493 e. The summed E-state index contributed by atoms with van der Waals surface area (Å²) in [4.78, 5) is 17.2. The van der Waals surface area contributed by atoms with Crippen LogP contribution < -0.4 is 9.64 Å². The minimum atomic E-state index is -0.860. The zero-order valence-electron chi connectivity index (χ0n) is 24.3. The number of nitrogens with zero attached hydrogens (tertiary/aromatic N) is 3. The number of likely N-dealkylation sites (tertiary alicyclic amines) is 1. The molecule has 1 aromatic heterocycles. The number of aromatic nitrogens is 1. The van der Waals surface area contributed by atoms with Gasteiger partial charge in [0.05, 0.1) is 17.9 Å². The number of carboxylic acid groups (broad SMARTS) is 1. The molecule has 3 aromatic rings. The van der Waals surface area contributed by atoms with E-state index in [1.165, 1.54) is 92.4 Å². The Morgan fingerprint density at radius 3 is 2.41 bits per heavy atom. The summed E-state index contributed by atoms with van der Waals surface area (Å²) in [7, 11) is 0. The van der Waals surface area contributed by atoms with Gasteiger partial charge in [-0.1, -0.05) is 53.0 Å². The fourth-order valence-corrected chi connectivity index (χ4v) is 7.18. The number of ether oxygens (including phenoxy) is 1. The molecule has 0 unspecified atom stereocenters. The summed E-state index contributed by atoms with van der Waals surface area (Å²) in [6.45, 7) is 11.3. The van der Waals surface area contributed by atoms with Crippen LogP contribution in [-0.2, 0) is 6.54 Å². The fraction of sp³-hybridized carbons (Fsp3) is 0.571. The van der Waals surface area contributed by atoms with E-state index in [9.17, 15) is 9.90 Å². The molecule has 1 aliphatic carbocycles. The van der Waals surface area contributed by atoms with Gasteiger partial charge in [-0.3, -0.25) is 0 Å². The summed E-state index contributed by atoms with van der Waals surface area (Å²) in [6.07, 6.45) is 10.2. The first-order valence-corrected chi connectivity index (χ1v) is 15.6. The van der Waals surface area contributed by atoms with E-state index in [1.807, 2.05) is 6.07 Å². The summed E-state index contributed by atoms with van der Waals surface area (Å²) < 4.78 is 8.69. The summed E-state index contributed by atoms with van der Waals surface area (Å²) in [6, 6.07) is 12.5. The minimum Gasteiger partial charge on any atom is -0.493 e. The summed E-state index contributed by atoms with van der Waals surface area (Å²) in [5.74, 6) is 1.05. The van der Waals surface area contributed by atoms with Crippen LogP contribution in [0.25, 0.3) is 22.2 Å². The van der Waals surface area contributed by atoms with Crippen molar-refractivity contribution in [3.63, 3.8) is 0 Å². The Bertz CT molecular complexity index is 1350. The Morgan fingerprint density at radius 1 is 0.927 bits per heavy atom. The van der Waals surface area contributed by atoms with E-state index < -0.39 is 5.97 Å². The van der Waals surface area contributed by atoms with Crippen LogP contribution in [0.1, 0.15) is 94.5 Å². The number of hydrogen-bond donors (Lipinski definition) is 1. The van der Waals surface area contributed by atoms with Crippen LogP contribution in [0.4, 0.5) is 5.69 Å². The summed E-state index contributed by atoms with van der Waals surface area (Å²) >= 11 is 0. The molecule has 6 rings (SSSR count). The molecule has 0 spiro atoms. The number of benzene rings is 2. The molecule has 0 atom stereocenters. The Morgan fingerprint density at radius 2 is 1.68 bits per heavy atom. The van der Waals surface area contributed by atoms with Gasteiger partial charge in [0.1, 0.15) is 5.75 Å². The van der Waals surface area contributed by atoms with Crippen molar-refractivity contribution >= 4 is 22.6 Å². The molecule has 1 saturated carbocycles. The molecule has 6 nitrogen and oxygen atoms in total. The number of hydrogen-bond acceptors (Lipinski definition) is 4. The molecule has 2 fully saturated rings. The van der Waals surface area contributed by atoms with Crippen LogP contribution in [0.5, 0.6) is 5.75 Å². The lowest BCUT2D eigenvalue weighted by Crippen LogP contribution is -2.38. The van der Waals surface area contributed by atoms with Crippen LogP contribution in [-0.4, -0.2) is 59.9 Å². The van der Waals surface area contributed by atoms with Crippen molar-refractivity contribution in [2.24, 2.45) is 5.92 Å². The van der Waals surface area contributed by atoms with Gasteiger partial charge in [0.2, 0.25) is 0 Å². The fourth-order valence-electron chi connectivity index (χ4n) is 7.18. The number of anilines is 1. The Balaban J connectivity index is 0.00000337. The lowest BCUT2D eigenvalue weighted by atomic mass is 9.81. The highest BCUT2D eigenvalue weighted by Gasteiger charge is 2.31. The molecule has 2 aliphatic heterocycles. The number of rotatable bonds is 8. The second-order valence-electron chi connectivity index (χ2n) is 12.6. The highest BCUT2D eigenvalue weighted by Crippen LogP contribution is 2.48. The van der Waals surface area contributed by atoms with Gasteiger partial charge >= 0.3 is 5.97 Å². The van der Waals surface area contributed by atoms with Crippen LogP contribution >= 0.6 is 0 Å². The molecule has 0 radical (unpaired) electrons. The minimum absolute atomic E-state index is 0. The lowest BCUT2D eigenvalue weighted by molar-refractivity contribution is 0.0697. The van der Waals surface area contributed by atoms with Crippen molar-refractivity contribution in [1.29, 1.82) is 0 Å². The van der Waals surface area contributed by atoms with Gasteiger partial charge in [-0.25, -0.2) is 4.79 Å². The summed E-state index contributed by atoms with van der Waals surface area (Å²) in [5, 5.41) is 11.1. The van der Waals surface area contributed by atoms with Crippen molar-refractivity contribution in [2.45, 2.75) is 85.1 Å². The third-order valence-electron chi connectivity index (χ3n) is 9.24. The van der Waals surface area contributed by atoms with E-state index >= 15 is 0 Å². The average Bonchev–Trinajstić information content (AvgIpc) is 3.21. The zero-order chi connectivity index (χ0) is 27.6. The third-order valence-corrected chi connectivity index (χ3v) is 9.24. The Hall–Kier alpha value is -2.99. The van der Waals surface area contributed by atoms with E-state index in [-0.39, 0.29) is 7.43 Å². The van der Waals surface area contributed by atoms with Gasteiger partial charge in [-0.15, -0.1) is 0 Å². The van der Waals surface area contributed by atoms with E-state index in [1.54, 1.807) is 6.07 Å². The van der Waals surface area contributed by atoms with Crippen LogP contribution in [0.3, 0.4) is 0 Å². The van der Waals surface area contributed by atoms with E-state index in [0.717, 1.165) is 37.4 Å². The van der Waals surface area contributed by atoms with Gasteiger partial charge in [0, 0.05) is 54.4 Å². The van der Waals surface area contributed by atoms with Crippen molar-refractivity contribution in [3.05, 3.63) is 47.5 Å². The number of carbonyl (C=O) groups is 1. The molecular weight excluding hydrogens is 510 g/mol. The maximum absolute atomic E-state index is 12.0. The molecule has 222 valence electrons. The van der Waals surface area contributed by atoms with Crippen LogP contribution in [0, 0.1) is 5.92 Å². The molecule has 0 amide bonds. The molecule has 1 N–H and O–H groups in total. The molecule has 41 heavy (non-hydrogen) atoms. The highest BCUT2D eigenvalue weighted by atomic mass is 16.5. The van der Waals surface area contributed by atoms with Crippen molar-refractivity contribution in [2.75, 3.05) is 44.2 Å². The smallest absolute Gasteiger partial charge is 0.335 e.